The summed E-state index contributed by atoms with van der Waals surface area (Å²) in [6, 6.07) is 1.83. The highest BCUT2D eigenvalue weighted by atomic mass is 79.9. The van der Waals surface area contributed by atoms with E-state index in [0.717, 1.165) is 52.7 Å². The van der Waals surface area contributed by atoms with Crippen LogP contribution >= 0.6 is 15.9 Å². The lowest BCUT2D eigenvalue weighted by atomic mass is 9.96. The maximum atomic E-state index is 12.3. The largest absolute Gasteiger partial charge is 0.616 e. The molecule has 28 heavy (non-hydrogen) atoms. The van der Waals surface area contributed by atoms with Gasteiger partial charge in [-0.3, -0.25) is 0 Å². The van der Waals surface area contributed by atoms with Gasteiger partial charge >= 0.3 is 5.82 Å². The Morgan fingerprint density at radius 1 is 1.36 bits per heavy atom. The summed E-state index contributed by atoms with van der Waals surface area (Å²) in [5.74, 6) is 1.16. The first-order valence-corrected chi connectivity index (χ1v) is 10.4. The number of hydrogen-bond acceptors (Lipinski definition) is 3. The van der Waals surface area contributed by atoms with Crippen LogP contribution in [-0.2, 0) is 16.5 Å². The van der Waals surface area contributed by atoms with E-state index in [4.69, 9.17) is 9.47 Å². The number of halogens is 1. The van der Waals surface area contributed by atoms with Crippen LogP contribution < -0.4 is 20.1 Å². The highest BCUT2D eigenvalue weighted by Gasteiger charge is 2.40. The number of aromatic nitrogens is 1. The quantitative estimate of drug-likeness (QED) is 0.359. The SMILES string of the molecule is CC=c1c(C2C=[N+](C)C([N+]3(C)CCOCC3)=CC2)[n+](C)c(Br)cc1=C([O-])OC. The van der Waals surface area contributed by atoms with Gasteiger partial charge in [-0.05, 0) is 20.5 Å². The predicted molar refractivity (Wildman–Crippen MR) is 110 cm³/mol. The number of pyridine rings is 1. The lowest BCUT2D eigenvalue weighted by Crippen LogP contribution is -2.54. The van der Waals surface area contributed by atoms with Crippen LogP contribution in [0.5, 0.6) is 0 Å². The Morgan fingerprint density at radius 3 is 2.61 bits per heavy atom. The summed E-state index contributed by atoms with van der Waals surface area (Å²) in [6.45, 7) is 5.53. The zero-order valence-electron chi connectivity index (χ0n) is 17.4. The van der Waals surface area contributed by atoms with E-state index in [1.54, 1.807) is 0 Å². The number of allylic oxidation sites excluding steroid dienone is 1. The monoisotopic (exact) mass is 451 g/mol. The van der Waals surface area contributed by atoms with Crippen LogP contribution in [0.4, 0.5) is 0 Å². The van der Waals surface area contributed by atoms with Crippen molar-refractivity contribution in [3.63, 3.8) is 0 Å². The predicted octanol–water partition coefficient (Wildman–Crippen LogP) is -0.335. The first-order valence-electron chi connectivity index (χ1n) is 9.63. The molecule has 2 aliphatic rings. The van der Waals surface area contributed by atoms with Crippen LogP contribution in [0.3, 0.4) is 0 Å². The van der Waals surface area contributed by atoms with Crippen LogP contribution in [0.2, 0.25) is 0 Å². The zero-order chi connectivity index (χ0) is 20.5. The van der Waals surface area contributed by atoms with E-state index in [1.807, 2.05) is 26.1 Å². The molecule has 0 amide bonds. The van der Waals surface area contributed by atoms with Crippen LogP contribution in [0.1, 0.15) is 25.0 Å². The topological polar surface area (TPSA) is 48.4 Å². The van der Waals surface area contributed by atoms with E-state index >= 15 is 0 Å². The molecule has 0 saturated carbocycles. The van der Waals surface area contributed by atoms with E-state index in [9.17, 15) is 5.11 Å². The van der Waals surface area contributed by atoms with Crippen molar-refractivity contribution in [3.8, 4) is 0 Å². The number of rotatable bonds is 3. The Bertz CT molecular complexity index is 947. The fourth-order valence-electron chi connectivity index (χ4n) is 4.30. The van der Waals surface area contributed by atoms with E-state index in [2.05, 4.69) is 51.5 Å². The third-order valence-electron chi connectivity index (χ3n) is 5.89. The molecule has 1 atom stereocenters. The average Bonchev–Trinajstić information content (AvgIpc) is 2.69. The van der Waals surface area contributed by atoms with Crippen molar-refractivity contribution in [2.24, 2.45) is 7.05 Å². The summed E-state index contributed by atoms with van der Waals surface area (Å²) in [4.78, 5) is 0. The minimum absolute atomic E-state index is 0.165. The average molecular weight is 452 g/mol. The van der Waals surface area contributed by atoms with Gasteiger partial charge in [0.2, 0.25) is 10.3 Å². The first-order chi connectivity index (χ1) is 13.3. The molecule has 1 unspecified atom stereocenters. The van der Waals surface area contributed by atoms with Crippen molar-refractivity contribution in [3.05, 3.63) is 38.7 Å². The molecule has 7 heteroatoms. The number of hydrogen-bond donors (Lipinski definition) is 0. The fraction of sp³-hybridized carbons (Fsp3) is 0.524. The molecule has 1 saturated heterocycles. The summed E-state index contributed by atoms with van der Waals surface area (Å²) >= 11 is 3.60. The van der Waals surface area contributed by atoms with E-state index in [0.29, 0.717) is 5.22 Å². The van der Waals surface area contributed by atoms with Crippen molar-refractivity contribution in [1.82, 2.24) is 0 Å². The van der Waals surface area contributed by atoms with Crippen LogP contribution in [-0.4, -0.2) is 62.8 Å². The number of likely N-dealkylation sites (N-methyl/N-ethyl adjacent to an activating group) is 1. The Balaban J connectivity index is 2.09. The van der Waals surface area contributed by atoms with Gasteiger partial charge in [0.25, 0.3) is 0 Å². The summed E-state index contributed by atoms with van der Waals surface area (Å²) in [5.41, 5.74) is 1.10. The number of methoxy groups -OCH3 is 1. The molecule has 3 rings (SSSR count). The molecule has 0 aromatic carbocycles. The van der Waals surface area contributed by atoms with E-state index < -0.39 is 0 Å². The highest BCUT2D eigenvalue weighted by molar-refractivity contribution is 9.10. The molecular weight excluding hydrogens is 422 g/mol. The van der Waals surface area contributed by atoms with Crippen molar-refractivity contribution in [2.75, 3.05) is 47.5 Å². The van der Waals surface area contributed by atoms with E-state index in [-0.39, 0.29) is 11.9 Å². The fourth-order valence-corrected chi connectivity index (χ4v) is 4.72. The minimum Gasteiger partial charge on any atom is -0.616 e. The molecule has 1 aromatic rings. The molecule has 0 bridgehead atoms. The molecule has 2 aliphatic heterocycles. The van der Waals surface area contributed by atoms with Crippen LogP contribution in [0, 0.1) is 0 Å². The second-order valence-electron chi connectivity index (χ2n) is 7.64. The van der Waals surface area contributed by atoms with Crippen LogP contribution in [0.15, 0.2) is 22.6 Å². The first kappa shape index (κ1) is 21.0. The Hall–Kier alpha value is -1.70. The summed E-state index contributed by atoms with van der Waals surface area (Å²) < 4.78 is 16.7. The smallest absolute Gasteiger partial charge is 0.364 e. The lowest BCUT2D eigenvalue weighted by Gasteiger charge is -2.35. The summed E-state index contributed by atoms with van der Waals surface area (Å²) in [7, 11) is 7.84. The Morgan fingerprint density at radius 2 is 2.04 bits per heavy atom. The van der Waals surface area contributed by atoms with Crippen molar-refractivity contribution in [1.29, 1.82) is 0 Å². The van der Waals surface area contributed by atoms with Crippen molar-refractivity contribution >= 4 is 34.2 Å². The molecule has 0 N–H and O–H groups in total. The van der Waals surface area contributed by atoms with Gasteiger partial charge < -0.3 is 14.6 Å². The third-order valence-corrected chi connectivity index (χ3v) is 6.65. The number of ether oxygens (including phenoxy) is 2. The van der Waals surface area contributed by atoms with Crippen molar-refractivity contribution < 1.29 is 28.2 Å². The molecule has 1 fully saturated rings. The normalized spacial score (nSPS) is 23.8. The van der Waals surface area contributed by atoms with Gasteiger partial charge in [0, 0.05) is 38.5 Å². The van der Waals surface area contributed by atoms with E-state index in [1.165, 1.54) is 12.9 Å². The highest BCUT2D eigenvalue weighted by Crippen LogP contribution is 2.25. The molecule has 3 heterocycles. The summed E-state index contributed by atoms with van der Waals surface area (Å²) in [5, 5.41) is 13.9. The number of nitrogens with zero attached hydrogens (tertiary/aromatic N) is 3. The van der Waals surface area contributed by atoms with Gasteiger partial charge in [-0.15, -0.1) is 0 Å². The molecule has 152 valence electrons. The number of quaternary nitrogens is 1. The lowest BCUT2D eigenvalue weighted by molar-refractivity contribution is -0.933. The Labute approximate surface area is 175 Å². The van der Waals surface area contributed by atoms with Gasteiger partial charge in [0.1, 0.15) is 33.1 Å². The second kappa shape index (κ2) is 8.35. The van der Waals surface area contributed by atoms with Gasteiger partial charge in [-0.25, -0.2) is 4.48 Å². The zero-order valence-corrected chi connectivity index (χ0v) is 19.0. The van der Waals surface area contributed by atoms with Crippen LogP contribution in [0.25, 0.3) is 12.0 Å². The molecule has 1 aromatic heterocycles. The standard InChI is InChI=1S/C21H30BrN3O3/c1-6-16-17(21(26)27-5)13-18(22)24(3)20(16)15-7-8-19(23(2)14-15)25(4)9-11-28-12-10-25/h6,8,13-15H,7,9-12H2,1-5H3/q+2. The maximum absolute atomic E-state index is 12.3. The molecule has 6 nitrogen and oxygen atoms in total. The maximum Gasteiger partial charge on any atom is 0.364 e. The minimum atomic E-state index is -0.317. The van der Waals surface area contributed by atoms with Gasteiger partial charge in [-0.2, -0.15) is 9.14 Å². The molecule has 0 radical (unpaired) electrons. The third kappa shape index (κ3) is 3.75. The van der Waals surface area contributed by atoms with Gasteiger partial charge in [0.05, 0.1) is 26.2 Å². The van der Waals surface area contributed by atoms with Crippen molar-refractivity contribution in [2.45, 2.75) is 19.3 Å². The van der Waals surface area contributed by atoms with Gasteiger partial charge in [0.15, 0.2) is 6.21 Å². The Kier molecular flexibility index (Phi) is 6.27. The van der Waals surface area contributed by atoms with Gasteiger partial charge in [-0.1, -0.05) is 6.08 Å². The summed E-state index contributed by atoms with van der Waals surface area (Å²) in [6.07, 6.45) is 7.50. The molecular formula is C21H30BrN3O3+2. The molecule has 0 aliphatic carbocycles. The number of morpholine rings is 1. The second-order valence-corrected chi connectivity index (χ2v) is 8.45. The molecule has 0 spiro atoms.